The van der Waals surface area contributed by atoms with Crippen LogP contribution in [0.15, 0.2) is 47.7 Å². The third kappa shape index (κ3) is 5.28. The maximum atomic E-state index is 12.8. The van der Waals surface area contributed by atoms with Crippen LogP contribution >= 0.6 is 0 Å². The summed E-state index contributed by atoms with van der Waals surface area (Å²) >= 11 is 0. The van der Waals surface area contributed by atoms with E-state index in [1.54, 1.807) is 19.2 Å². The van der Waals surface area contributed by atoms with Crippen molar-refractivity contribution in [3.05, 3.63) is 59.5 Å². The summed E-state index contributed by atoms with van der Waals surface area (Å²) in [6.07, 6.45) is 1.62. The molecule has 0 bridgehead atoms. The lowest BCUT2D eigenvalue weighted by Crippen LogP contribution is -2.21. The number of carbonyl (C=O) groups excluding carboxylic acids is 2. The fraction of sp³-hybridized carbons (Fsp3) is 0.176. The summed E-state index contributed by atoms with van der Waals surface area (Å²) < 4.78 is 12.8. The average Bonchev–Trinajstić information content (AvgIpc) is 2.53. The molecule has 7 heteroatoms. The number of rotatable bonds is 5. The number of hydrogen-bond donors (Lipinski definition) is 2. The summed E-state index contributed by atoms with van der Waals surface area (Å²) in [6, 6.07) is 8.66. The van der Waals surface area contributed by atoms with E-state index in [4.69, 9.17) is 0 Å². The van der Waals surface area contributed by atoms with Gasteiger partial charge in [0.15, 0.2) is 0 Å². The molecule has 1 aromatic heterocycles. The zero-order valence-electron chi connectivity index (χ0n) is 13.3. The zero-order valence-corrected chi connectivity index (χ0v) is 13.3. The molecule has 0 aliphatic carbocycles. The van der Waals surface area contributed by atoms with Crippen molar-refractivity contribution in [2.45, 2.75) is 20.3 Å². The second-order valence-electron chi connectivity index (χ2n) is 5.24. The van der Waals surface area contributed by atoms with Crippen LogP contribution in [0.5, 0.6) is 0 Å². The molecule has 0 unspecified atom stereocenters. The monoisotopic (exact) mass is 328 g/mol. The second-order valence-corrected chi connectivity index (χ2v) is 5.24. The van der Waals surface area contributed by atoms with E-state index in [1.165, 1.54) is 24.3 Å². The number of pyridine rings is 1. The largest absolute Gasteiger partial charge is 0.310 e. The number of carbonyl (C=O) groups is 2. The Kier molecular flexibility index (Phi) is 5.73. The molecule has 1 aromatic carbocycles. The number of halogens is 1. The minimum absolute atomic E-state index is 0.0132. The van der Waals surface area contributed by atoms with Gasteiger partial charge in [-0.25, -0.2) is 14.8 Å². The number of nitrogens with one attached hydrogen (secondary N) is 2. The highest BCUT2D eigenvalue weighted by Crippen LogP contribution is 2.06. The predicted octanol–water partition coefficient (Wildman–Crippen LogP) is 2.66. The predicted molar refractivity (Wildman–Crippen MR) is 89.2 cm³/mol. The van der Waals surface area contributed by atoms with Gasteiger partial charge in [0.2, 0.25) is 5.91 Å². The highest BCUT2D eigenvalue weighted by Gasteiger charge is 2.07. The Bertz CT molecular complexity index is 772. The van der Waals surface area contributed by atoms with Crippen molar-refractivity contribution in [2.24, 2.45) is 5.10 Å². The summed E-state index contributed by atoms with van der Waals surface area (Å²) in [5.41, 5.74) is 4.02. The molecule has 0 aliphatic heterocycles. The highest BCUT2D eigenvalue weighted by atomic mass is 19.1. The van der Waals surface area contributed by atoms with Gasteiger partial charge in [0, 0.05) is 17.5 Å². The summed E-state index contributed by atoms with van der Waals surface area (Å²) in [7, 11) is 0. The van der Waals surface area contributed by atoms with E-state index in [0.717, 1.165) is 5.56 Å². The molecule has 0 atom stereocenters. The molecule has 2 aromatic rings. The fourth-order valence-corrected chi connectivity index (χ4v) is 1.88. The molecule has 0 radical (unpaired) electrons. The molecule has 0 saturated carbocycles. The van der Waals surface area contributed by atoms with Gasteiger partial charge in [-0.05, 0) is 55.8 Å². The number of hydrazone groups is 1. The number of aromatic nitrogens is 1. The van der Waals surface area contributed by atoms with Crippen LogP contribution in [-0.4, -0.2) is 22.5 Å². The summed E-state index contributed by atoms with van der Waals surface area (Å²) in [6.45, 7) is 3.52. The smallest absolute Gasteiger partial charge is 0.271 e. The van der Waals surface area contributed by atoms with Crippen molar-refractivity contribution in [1.29, 1.82) is 0 Å². The Labute approximate surface area is 138 Å². The number of hydrogen-bond acceptors (Lipinski definition) is 4. The quantitative estimate of drug-likeness (QED) is 0.654. The third-order valence-corrected chi connectivity index (χ3v) is 3.05. The molecule has 24 heavy (non-hydrogen) atoms. The van der Waals surface area contributed by atoms with Crippen molar-refractivity contribution >= 4 is 23.3 Å². The van der Waals surface area contributed by atoms with Crippen LogP contribution in [-0.2, 0) is 4.79 Å². The zero-order chi connectivity index (χ0) is 17.5. The minimum Gasteiger partial charge on any atom is -0.310 e. The van der Waals surface area contributed by atoms with Crippen molar-refractivity contribution in [3.8, 4) is 0 Å². The van der Waals surface area contributed by atoms with Crippen LogP contribution in [0.3, 0.4) is 0 Å². The third-order valence-electron chi connectivity index (χ3n) is 3.05. The first kappa shape index (κ1) is 17.3. The van der Waals surface area contributed by atoms with Gasteiger partial charge in [0.25, 0.3) is 5.91 Å². The average molecular weight is 328 g/mol. The van der Waals surface area contributed by atoms with Crippen LogP contribution in [0.25, 0.3) is 0 Å². The normalized spacial score (nSPS) is 11.0. The second kappa shape index (κ2) is 7.96. The van der Waals surface area contributed by atoms with E-state index in [-0.39, 0.29) is 17.9 Å². The summed E-state index contributed by atoms with van der Waals surface area (Å²) in [5, 5.41) is 6.52. The van der Waals surface area contributed by atoms with E-state index in [0.29, 0.717) is 11.5 Å². The van der Waals surface area contributed by atoms with Crippen LogP contribution in [0.4, 0.5) is 10.2 Å². The van der Waals surface area contributed by atoms with Gasteiger partial charge < -0.3 is 5.32 Å². The van der Waals surface area contributed by atoms with Crippen LogP contribution < -0.4 is 10.7 Å². The van der Waals surface area contributed by atoms with Crippen molar-refractivity contribution < 1.29 is 14.0 Å². The van der Waals surface area contributed by atoms with Gasteiger partial charge in [-0.1, -0.05) is 0 Å². The summed E-state index contributed by atoms with van der Waals surface area (Å²) in [5.74, 6) is -0.726. The number of aryl methyl sites for hydroxylation is 1. The van der Waals surface area contributed by atoms with Crippen LogP contribution in [0.2, 0.25) is 0 Å². The highest BCUT2D eigenvalue weighted by molar-refractivity contribution is 6.05. The molecule has 2 rings (SSSR count). The first-order valence-electron chi connectivity index (χ1n) is 7.25. The van der Waals surface area contributed by atoms with Gasteiger partial charge in [-0.15, -0.1) is 0 Å². The van der Waals surface area contributed by atoms with Crippen LogP contribution in [0.1, 0.15) is 29.3 Å². The lowest BCUT2D eigenvalue weighted by molar-refractivity contribution is -0.115. The number of nitrogens with zero attached hydrogens (tertiary/aromatic N) is 2. The van der Waals surface area contributed by atoms with Crippen molar-refractivity contribution in [2.75, 3.05) is 5.32 Å². The van der Waals surface area contributed by atoms with E-state index in [1.807, 2.05) is 13.0 Å². The van der Waals surface area contributed by atoms with E-state index < -0.39 is 11.7 Å². The van der Waals surface area contributed by atoms with Crippen LogP contribution in [0, 0.1) is 12.7 Å². The molecule has 2 amide bonds. The van der Waals surface area contributed by atoms with Gasteiger partial charge >= 0.3 is 0 Å². The van der Waals surface area contributed by atoms with Crippen molar-refractivity contribution in [1.82, 2.24) is 10.4 Å². The fourth-order valence-electron chi connectivity index (χ4n) is 1.88. The Morgan fingerprint density at radius 1 is 1.21 bits per heavy atom. The topological polar surface area (TPSA) is 83.4 Å². The van der Waals surface area contributed by atoms with Gasteiger partial charge in [0.1, 0.15) is 11.6 Å². The number of benzene rings is 1. The van der Waals surface area contributed by atoms with Gasteiger partial charge in [-0.3, -0.25) is 9.59 Å². The summed E-state index contributed by atoms with van der Waals surface area (Å²) in [4.78, 5) is 27.8. The Morgan fingerprint density at radius 2 is 1.92 bits per heavy atom. The number of amides is 2. The Morgan fingerprint density at radius 3 is 2.58 bits per heavy atom. The lowest BCUT2D eigenvalue weighted by Gasteiger charge is -2.05. The maximum Gasteiger partial charge on any atom is 0.271 e. The molecule has 0 spiro atoms. The Hall–Kier alpha value is -3.09. The lowest BCUT2D eigenvalue weighted by atomic mass is 10.2. The van der Waals surface area contributed by atoms with Crippen molar-refractivity contribution in [3.63, 3.8) is 0 Å². The molecule has 1 heterocycles. The first-order chi connectivity index (χ1) is 11.4. The molecule has 0 saturated heterocycles. The van der Waals surface area contributed by atoms with Gasteiger partial charge in [-0.2, -0.15) is 5.10 Å². The van der Waals surface area contributed by atoms with E-state index in [9.17, 15) is 14.0 Å². The Balaban J connectivity index is 1.87. The molecule has 6 nitrogen and oxygen atoms in total. The molecule has 2 N–H and O–H groups in total. The van der Waals surface area contributed by atoms with E-state index in [2.05, 4.69) is 20.8 Å². The molecule has 0 aliphatic rings. The molecular formula is C17H17FN4O2. The standard InChI is InChI=1S/C17H17FN4O2/c1-11-7-8-19-15(9-11)20-16(23)10-12(2)21-22-17(24)13-3-5-14(18)6-4-13/h3-9H,10H2,1-2H3,(H,22,24)(H,19,20,23)/b21-12+. The molecule has 0 fully saturated rings. The molecular weight excluding hydrogens is 311 g/mol. The SMILES string of the molecule is C/C(CC(=O)Nc1cc(C)ccn1)=N\NC(=O)c1ccc(F)cc1. The number of anilines is 1. The van der Waals surface area contributed by atoms with Gasteiger partial charge in [0.05, 0.1) is 6.42 Å². The minimum atomic E-state index is -0.477. The maximum absolute atomic E-state index is 12.8. The van der Waals surface area contributed by atoms with E-state index >= 15 is 0 Å². The molecule has 124 valence electrons. The first-order valence-corrected chi connectivity index (χ1v) is 7.25.